The summed E-state index contributed by atoms with van der Waals surface area (Å²) >= 11 is 7.69. The predicted octanol–water partition coefficient (Wildman–Crippen LogP) is 3.79. The SMILES string of the molecule is CCC[C@@H]1C[C@@H](C(=O)N[C@@H]([C@H]2O[C@H](SC)[C@H](OP(=O)(OC(C)C)OC(C)C)[C@@H](O)[C@H]2O)[C@H](C)Cl)N(C)C1.Cl. The van der Waals surface area contributed by atoms with Crippen molar-refractivity contribution in [3.63, 3.8) is 0 Å². The number of phosphoric ester groups is 1. The van der Waals surface area contributed by atoms with Crippen LogP contribution in [0, 0.1) is 5.92 Å². The summed E-state index contributed by atoms with van der Waals surface area (Å²) in [4.78, 5) is 15.3. The van der Waals surface area contributed by atoms with E-state index in [4.69, 9.17) is 29.9 Å². The van der Waals surface area contributed by atoms with Crippen LogP contribution < -0.4 is 5.32 Å². The molecule has 226 valence electrons. The minimum Gasteiger partial charge on any atom is -0.388 e. The number of aliphatic hydroxyl groups is 2. The van der Waals surface area contributed by atoms with Crippen LogP contribution in [0.15, 0.2) is 0 Å². The van der Waals surface area contributed by atoms with Gasteiger partial charge in [-0.25, -0.2) is 4.57 Å². The molecule has 14 heteroatoms. The highest BCUT2D eigenvalue weighted by atomic mass is 35.5. The number of hydrogen-bond acceptors (Lipinski definition) is 10. The van der Waals surface area contributed by atoms with Gasteiger partial charge in [-0.3, -0.25) is 23.3 Å². The summed E-state index contributed by atoms with van der Waals surface area (Å²) < 4.78 is 36.1. The molecule has 2 aliphatic rings. The lowest BCUT2D eigenvalue weighted by Crippen LogP contribution is -2.65. The van der Waals surface area contributed by atoms with E-state index < -0.39 is 61.3 Å². The van der Waals surface area contributed by atoms with E-state index in [-0.39, 0.29) is 24.4 Å². The van der Waals surface area contributed by atoms with Crippen LogP contribution in [0.3, 0.4) is 0 Å². The summed E-state index contributed by atoms with van der Waals surface area (Å²) in [5.41, 5.74) is -0.846. The van der Waals surface area contributed by atoms with Crippen molar-refractivity contribution < 1.29 is 37.9 Å². The molecule has 0 aromatic carbocycles. The molecule has 0 spiro atoms. The zero-order valence-electron chi connectivity index (χ0n) is 23.6. The average molecular weight is 626 g/mol. The zero-order valence-corrected chi connectivity index (χ0v) is 26.9. The molecule has 1 amide bonds. The van der Waals surface area contributed by atoms with Crippen molar-refractivity contribution in [2.45, 2.75) is 120 Å². The van der Waals surface area contributed by atoms with E-state index in [2.05, 4.69) is 12.2 Å². The number of ether oxygens (including phenoxy) is 1. The van der Waals surface area contributed by atoms with Crippen LogP contribution in [-0.4, -0.2) is 100 Å². The van der Waals surface area contributed by atoms with Crippen LogP contribution in [0.1, 0.15) is 60.8 Å². The predicted molar refractivity (Wildman–Crippen MR) is 153 cm³/mol. The molecule has 0 bridgehead atoms. The molecule has 0 aliphatic carbocycles. The van der Waals surface area contributed by atoms with Gasteiger partial charge in [0.15, 0.2) is 0 Å². The molecule has 2 heterocycles. The van der Waals surface area contributed by atoms with Crippen LogP contribution in [0.2, 0.25) is 0 Å². The minimum absolute atomic E-state index is 0. The number of aliphatic hydroxyl groups excluding tert-OH is 2. The van der Waals surface area contributed by atoms with Crippen LogP contribution in [0.25, 0.3) is 0 Å². The molecule has 38 heavy (non-hydrogen) atoms. The fourth-order valence-electron chi connectivity index (χ4n) is 4.95. The van der Waals surface area contributed by atoms with Crippen molar-refractivity contribution in [2.75, 3.05) is 19.8 Å². The Morgan fingerprint density at radius 1 is 1.18 bits per heavy atom. The van der Waals surface area contributed by atoms with Gasteiger partial charge in [-0.15, -0.1) is 35.8 Å². The number of carbonyl (C=O) groups excluding carboxylic acids is 1. The van der Waals surface area contributed by atoms with Gasteiger partial charge >= 0.3 is 7.82 Å². The highest BCUT2D eigenvalue weighted by Gasteiger charge is 2.52. The van der Waals surface area contributed by atoms with Gasteiger partial charge in [0.05, 0.1) is 29.7 Å². The number of amides is 1. The third-order valence-electron chi connectivity index (χ3n) is 6.54. The lowest BCUT2D eigenvalue weighted by Gasteiger charge is -2.45. The lowest BCUT2D eigenvalue weighted by molar-refractivity contribution is -0.203. The molecule has 2 aliphatic heterocycles. The number of likely N-dealkylation sites (tertiary alicyclic amines) is 1. The second-order valence-electron chi connectivity index (χ2n) is 10.6. The van der Waals surface area contributed by atoms with E-state index in [1.54, 1.807) is 40.9 Å². The van der Waals surface area contributed by atoms with Gasteiger partial charge < -0.3 is 20.3 Å². The van der Waals surface area contributed by atoms with E-state index in [1.807, 2.05) is 11.9 Å². The molecule has 2 fully saturated rings. The number of hydrogen-bond donors (Lipinski definition) is 3. The number of halogens is 2. The Bertz CT molecular complexity index is 768. The maximum absolute atomic E-state index is 13.3. The molecule has 0 radical (unpaired) electrons. The molecule has 9 atom stereocenters. The molecular weight excluding hydrogens is 578 g/mol. The topological polar surface area (TPSA) is 127 Å². The normalized spacial score (nSPS) is 32.3. The van der Waals surface area contributed by atoms with Gasteiger partial charge in [0, 0.05) is 6.54 Å². The highest BCUT2D eigenvalue weighted by molar-refractivity contribution is 7.99. The number of phosphoric acid groups is 1. The van der Waals surface area contributed by atoms with Gasteiger partial charge in [0.2, 0.25) is 5.91 Å². The molecule has 0 aromatic rings. The van der Waals surface area contributed by atoms with E-state index in [0.29, 0.717) is 5.92 Å². The number of nitrogens with one attached hydrogen (secondary N) is 1. The Morgan fingerprint density at radius 2 is 1.76 bits per heavy atom. The average Bonchev–Trinajstić information content (AvgIpc) is 3.14. The summed E-state index contributed by atoms with van der Waals surface area (Å²) in [5.74, 6) is 0.259. The molecule has 0 unspecified atom stereocenters. The minimum atomic E-state index is -4.10. The van der Waals surface area contributed by atoms with Crippen molar-refractivity contribution in [1.29, 1.82) is 0 Å². The Kier molecular flexibility index (Phi) is 15.4. The summed E-state index contributed by atoms with van der Waals surface area (Å²) in [6.45, 7) is 11.4. The number of likely N-dealkylation sites (N-methyl/N-ethyl adjacent to an activating group) is 1. The fourth-order valence-corrected chi connectivity index (χ4v) is 7.68. The third kappa shape index (κ3) is 9.72. The number of carbonyl (C=O) groups is 1. The quantitative estimate of drug-likeness (QED) is 0.206. The second kappa shape index (κ2) is 16.1. The zero-order chi connectivity index (χ0) is 28.1. The van der Waals surface area contributed by atoms with Gasteiger partial charge in [-0.1, -0.05) is 13.3 Å². The van der Waals surface area contributed by atoms with Crippen molar-refractivity contribution in [2.24, 2.45) is 5.92 Å². The van der Waals surface area contributed by atoms with E-state index in [0.717, 1.165) is 25.8 Å². The maximum Gasteiger partial charge on any atom is 0.475 e. The fraction of sp³-hybridized carbons (Fsp3) is 0.958. The van der Waals surface area contributed by atoms with Gasteiger partial charge in [-0.2, -0.15) is 0 Å². The molecule has 2 rings (SSSR count). The van der Waals surface area contributed by atoms with E-state index in [9.17, 15) is 19.6 Å². The smallest absolute Gasteiger partial charge is 0.388 e. The maximum atomic E-state index is 13.3. The second-order valence-corrected chi connectivity index (χ2v) is 13.7. The van der Waals surface area contributed by atoms with Crippen molar-refractivity contribution in [3.8, 4) is 0 Å². The highest BCUT2D eigenvalue weighted by Crippen LogP contribution is 2.54. The molecule has 3 N–H and O–H groups in total. The summed E-state index contributed by atoms with van der Waals surface area (Å²) in [5, 5.41) is 24.5. The first-order valence-electron chi connectivity index (χ1n) is 13.1. The van der Waals surface area contributed by atoms with Gasteiger partial charge in [0.25, 0.3) is 0 Å². The standard InChI is InChI=1S/C24H46ClN2O8PS.ClH/c1-9-10-16-11-17(27(7)12-16)23(30)26-18(15(6)25)21-19(28)20(29)22(24(32-21)37-8)35-36(31,33-13(2)3)34-14(4)5;/h13-22,24,28-29H,9-12H2,1-8H3,(H,26,30);1H/t15-,16+,17-,18+,19+,20-,21+,22+,24+;/m0./s1. The number of nitrogens with zero attached hydrogens (tertiary/aromatic N) is 1. The first-order chi connectivity index (χ1) is 17.2. The molecular formula is C24H47Cl2N2O8PS. The largest absolute Gasteiger partial charge is 0.475 e. The molecule has 0 aromatic heterocycles. The monoisotopic (exact) mass is 624 g/mol. The number of rotatable bonds is 13. The van der Waals surface area contributed by atoms with Gasteiger partial charge in [-0.05, 0) is 66.7 Å². The number of alkyl halides is 1. The van der Waals surface area contributed by atoms with E-state index in [1.165, 1.54) is 11.8 Å². The van der Waals surface area contributed by atoms with Crippen LogP contribution >= 0.6 is 43.6 Å². The Hall–Kier alpha value is 0.350. The first kappa shape index (κ1) is 36.4. The summed E-state index contributed by atoms with van der Waals surface area (Å²) in [7, 11) is -2.17. The van der Waals surface area contributed by atoms with Crippen LogP contribution in [0.4, 0.5) is 0 Å². The summed E-state index contributed by atoms with van der Waals surface area (Å²) in [6.07, 6.45) is -1.58. The molecule has 0 saturated carbocycles. The van der Waals surface area contributed by atoms with Crippen LogP contribution in [0.5, 0.6) is 0 Å². The Balaban J connectivity index is 0.00000722. The molecule has 10 nitrogen and oxygen atoms in total. The van der Waals surface area contributed by atoms with Crippen molar-refractivity contribution >= 4 is 49.5 Å². The Labute approximate surface area is 243 Å². The Morgan fingerprint density at radius 3 is 2.24 bits per heavy atom. The van der Waals surface area contributed by atoms with Crippen molar-refractivity contribution in [1.82, 2.24) is 10.2 Å². The third-order valence-corrected chi connectivity index (χ3v) is 9.51. The number of thioether (sulfide) groups is 1. The summed E-state index contributed by atoms with van der Waals surface area (Å²) in [6, 6.07) is -1.10. The lowest BCUT2D eigenvalue weighted by atomic mass is 9.92. The molecule has 2 saturated heterocycles. The first-order valence-corrected chi connectivity index (χ1v) is 16.3. The van der Waals surface area contributed by atoms with Crippen molar-refractivity contribution in [3.05, 3.63) is 0 Å². The van der Waals surface area contributed by atoms with Gasteiger partial charge in [0.1, 0.15) is 29.9 Å². The van der Waals surface area contributed by atoms with E-state index >= 15 is 0 Å². The van der Waals surface area contributed by atoms with Crippen LogP contribution in [-0.2, 0) is 27.7 Å².